The van der Waals surface area contributed by atoms with Crippen LogP contribution in [0.3, 0.4) is 0 Å². The molecule has 1 aromatic rings. The molecular formula is C15H24NO5P. The summed E-state index contributed by atoms with van der Waals surface area (Å²) in [6, 6.07) is 8.64. The van der Waals surface area contributed by atoms with Crippen molar-refractivity contribution < 1.29 is 23.5 Å². The highest BCUT2D eigenvalue weighted by molar-refractivity contribution is 7.53. The fourth-order valence-corrected chi connectivity index (χ4v) is 3.55. The van der Waals surface area contributed by atoms with Crippen LogP contribution in [0.4, 0.5) is 0 Å². The zero-order valence-electron chi connectivity index (χ0n) is 13.0. The summed E-state index contributed by atoms with van der Waals surface area (Å²) in [6.45, 7) is 4.33. The van der Waals surface area contributed by atoms with Gasteiger partial charge in [-0.15, -0.1) is 0 Å². The molecule has 0 amide bonds. The third kappa shape index (κ3) is 6.71. The zero-order chi connectivity index (χ0) is 16.4. The van der Waals surface area contributed by atoms with Gasteiger partial charge in [0.1, 0.15) is 6.04 Å². The number of carboxylic acid groups (broad SMARTS) is 1. The average molecular weight is 329 g/mol. The smallest absolute Gasteiger partial charge is 0.331 e. The van der Waals surface area contributed by atoms with Gasteiger partial charge in [0.15, 0.2) is 0 Å². The van der Waals surface area contributed by atoms with Crippen LogP contribution in [0.25, 0.3) is 0 Å². The van der Waals surface area contributed by atoms with E-state index in [0.29, 0.717) is 19.6 Å². The van der Waals surface area contributed by atoms with Crippen molar-refractivity contribution in [3.63, 3.8) is 0 Å². The summed E-state index contributed by atoms with van der Waals surface area (Å²) in [4.78, 5) is 11.3. The molecule has 124 valence electrons. The van der Waals surface area contributed by atoms with Gasteiger partial charge in [-0.05, 0) is 25.8 Å². The number of aliphatic carboxylic acids is 1. The van der Waals surface area contributed by atoms with Crippen LogP contribution in [0, 0.1) is 0 Å². The van der Waals surface area contributed by atoms with Gasteiger partial charge >= 0.3 is 13.6 Å². The molecule has 0 aliphatic rings. The predicted molar refractivity (Wildman–Crippen MR) is 85.3 cm³/mol. The number of nitrogens with one attached hydrogen (secondary N) is 1. The highest BCUT2D eigenvalue weighted by Gasteiger charge is 2.24. The lowest BCUT2D eigenvalue weighted by molar-refractivity contribution is -0.139. The Morgan fingerprint density at radius 3 is 2.32 bits per heavy atom. The largest absolute Gasteiger partial charge is 0.480 e. The molecular weight excluding hydrogens is 305 g/mol. The Morgan fingerprint density at radius 1 is 1.23 bits per heavy atom. The van der Waals surface area contributed by atoms with Crippen LogP contribution in [0.15, 0.2) is 30.3 Å². The van der Waals surface area contributed by atoms with Gasteiger partial charge < -0.3 is 19.5 Å². The Morgan fingerprint density at radius 2 is 1.82 bits per heavy atom. The monoisotopic (exact) mass is 329 g/mol. The summed E-state index contributed by atoms with van der Waals surface area (Å²) in [5.41, 5.74) is 0.931. The molecule has 0 radical (unpaired) electrons. The van der Waals surface area contributed by atoms with Gasteiger partial charge in [-0.3, -0.25) is 9.36 Å². The fraction of sp³-hybridized carbons (Fsp3) is 0.533. The summed E-state index contributed by atoms with van der Waals surface area (Å²) in [7, 11) is -3.14. The summed E-state index contributed by atoms with van der Waals surface area (Å²) in [5, 5.41) is 12.2. The molecule has 0 saturated carbocycles. The first-order valence-corrected chi connectivity index (χ1v) is 9.11. The van der Waals surface area contributed by atoms with Gasteiger partial charge in [-0.1, -0.05) is 30.3 Å². The summed E-state index contributed by atoms with van der Waals surface area (Å²) in [5.74, 6) is -0.938. The van der Waals surface area contributed by atoms with E-state index in [2.05, 4.69) is 5.32 Å². The first-order chi connectivity index (χ1) is 10.5. The van der Waals surface area contributed by atoms with Crippen molar-refractivity contribution in [3.05, 3.63) is 35.9 Å². The minimum atomic E-state index is -3.14. The Labute approximate surface area is 131 Å². The van der Waals surface area contributed by atoms with Crippen molar-refractivity contribution in [3.8, 4) is 0 Å². The van der Waals surface area contributed by atoms with Crippen LogP contribution in [0.2, 0.25) is 0 Å². The minimum absolute atomic E-state index is 0.146. The Kier molecular flexibility index (Phi) is 8.35. The van der Waals surface area contributed by atoms with Gasteiger partial charge in [-0.25, -0.2) is 0 Å². The van der Waals surface area contributed by atoms with E-state index in [4.69, 9.17) is 9.05 Å². The number of hydrogen-bond donors (Lipinski definition) is 2. The normalized spacial score (nSPS) is 13.0. The molecule has 0 heterocycles. The number of carbonyl (C=O) groups is 1. The van der Waals surface area contributed by atoms with Gasteiger partial charge in [0, 0.05) is 6.54 Å². The maximum atomic E-state index is 12.3. The fourth-order valence-electron chi connectivity index (χ4n) is 2.03. The Bertz CT molecular complexity index is 484. The van der Waals surface area contributed by atoms with E-state index in [1.54, 1.807) is 13.8 Å². The van der Waals surface area contributed by atoms with Crippen molar-refractivity contribution in [2.45, 2.75) is 26.3 Å². The van der Waals surface area contributed by atoms with Crippen LogP contribution in [0.1, 0.15) is 19.4 Å². The Hall–Kier alpha value is -1.20. The lowest BCUT2D eigenvalue weighted by Gasteiger charge is -2.19. The molecule has 22 heavy (non-hydrogen) atoms. The van der Waals surface area contributed by atoms with Crippen molar-refractivity contribution in [1.82, 2.24) is 5.32 Å². The number of hydrogen-bond acceptors (Lipinski definition) is 5. The van der Waals surface area contributed by atoms with E-state index in [9.17, 15) is 14.5 Å². The second kappa shape index (κ2) is 9.74. The summed E-state index contributed by atoms with van der Waals surface area (Å²) >= 11 is 0. The molecule has 1 aromatic carbocycles. The van der Waals surface area contributed by atoms with Crippen molar-refractivity contribution in [2.75, 3.05) is 25.9 Å². The molecule has 0 fully saturated rings. The molecule has 7 heteroatoms. The molecule has 0 aliphatic carbocycles. The van der Waals surface area contributed by atoms with E-state index in [-0.39, 0.29) is 12.7 Å². The van der Waals surface area contributed by atoms with Gasteiger partial charge in [0.2, 0.25) is 0 Å². The van der Waals surface area contributed by atoms with E-state index in [1.807, 2.05) is 30.3 Å². The lowest BCUT2D eigenvalue weighted by atomic mass is 10.1. The first kappa shape index (κ1) is 18.8. The van der Waals surface area contributed by atoms with E-state index in [0.717, 1.165) is 5.56 Å². The maximum Gasteiger partial charge on any atom is 0.331 e. The molecule has 0 bridgehead atoms. The third-order valence-corrected chi connectivity index (χ3v) is 5.08. The predicted octanol–water partition coefficient (Wildman–Crippen LogP) is 2.54. The lowest BCUT2D eigenvalue weighted by Crippen LogP contribution is -2.40. The Balaban J connectivity index is 2.54. The van der Waals surface area contributed by atoms with Crippen molar-refractivity contribution in [1.29, 1.82) is 0 Å². The van der Waals surface area contributed by atoms with Crippen molar-refractivity contribution >= 4 is 13.6 Å². The van der Waals surface area contributed by atoms with Crippen LogP contribution >= 0.6 is 7.60 Å². The number of rotatable bonds is 11. The molecule has 6 nitrogen and oxygen atoms in total. The molecule has 0 saturated heterocycles. The molecule has 1 unspecified atom stereocenters. The van der Waals surface area contributed by atoms with Gasteiger partial charge in [0.25, 0.3) is 0 Å². The standard InChI is InChI=1S/C15H24NO5P/c1-3-20-22(19,21-4-2)11-10-16-14(15(17)18)12-13-8-6-5-7-9-13/h5-9,14,16H,3-4,10-12H2,1-2H3,(H,17,18). The molecule has 1 rings (SSSR count). The van der Waals surface area contributed by atoms with E-state index >= 15 is 0 Å². The number of carboxylic acids is 1. The average Bonchev–Trinajstić information content (AvgIpc) is 2.47. The molecule has 0 spiro atoms. The van der Waals surface area contributed by atoms with Crippen LogP contribution < -0.4 is 5.32 Å². The molecule has 1 atom stereocenters. The van der Waals surface area contributed by atoms with E-state index < -0.39 is 19.6 Å². The van der Waals surface area contributed by atoms with Crippen LogP contribution in [-0.2, 0) is 24.8 Å². The van der Waals surface area contributed by atoms with Gasteiger partial charge in [-0.2, -0.15) is 0 Å². The summed E-state index contributed by atoms with van der Waals surface area (Å²) in [6.07, 6.45) is 0.511. The quantitative estimate of drug-likeness (QED) is 0.607. The summed E-state index contributed by atoms with van der Waals surface area (Å²) < 4.78 is 22.6. The highest BCUT2D eigenvalue weighted by Crippen LogP contribution is 2.47. The number of benzene rings is 1. The molecule has 0 aromatic heterocycles. The third-order valence-electron chi connectivity index (χ3n) is 3.01. The second-order valence-corrected chi connectivity index (χ2v) is 6.89. The van der Waals surface area contributed by atoms with Crippen LogP contribution in [-0.4, -0.2) is 43.0 Å². The van der Waals surface area contributed by atoms with E-state index in [1.165, 1.54) is 0 Å². The topological polar surface area (TPSA) is 84.9 Å². The maximum absolute atomic E-state index is 12.3. The van der Waals surface area contributed by atoms with Crippen LogP contribution in [0.5, 0.6) is 0 Å². The highest BCUT2D eigenvalue weighted by atomic mass is 31.2. The molecule has 2 N–H and O–H groups in total. The zero-order valence-corrected chi connectivity index (χ0v) is 13.9. The SMILES string of the molecule is CCOP(=O)(CCNC(Cc1ccccc1)C(=O)O)OCC. The second-order valence-electron chi connectivity index (χ2n) is 4.70. The van der Waals surface area contributed by atoms with Crippen molar-refractivity contribution in [2.24, 2.45) is 0 Å². The first-order valence-electron chi connectivity index (χ1n) is 7.39. The minimum Gasteiger partial charge on any atom is -0.480 e. The van der Waals surface area contributed by atoms with Gasteiger partial charge in [0.05, 0.1) is 19.4 Å². The molecule has 0 aliphatic heterocycles.